The Morgan fingerprint density at radius 1 is 1.17 bits per heavy atom. The molecule has 0 spiro atoms. The highest BCUT2D eigenvalue weighted by molar-refractivity contribution is 5.59. The minimum atomic E-state index is -0.310. The molecule has 1 fully saturated rings. The molecule has 1 aromatic carbocycles. The predicted octanol–water partition coefficient (Wildman–Crippen LogP) is 2.41. The molecule has 24 heavy (non-hydrogen) atoms. The molecular formula is C17H22FN5O. The van der Waals surface area contributed by atoms with Gasteiger partial charge in [-0.1, -0.05) is 12.1 Å². The zero-order valence-electron chi connectivity index (χ0n) is 13.8. The number of hydrogen-bond acceptors (Lipinski definition) is 6. The van der Waals surface area contributed by atoms with Crippen LogP contribution in [0.1, 0.15) is 5.82 Å². The van der Waals surface area contributed by atoms with E-state index >= 15 is 0 Å². The van der Waals surface area contributed by atoms with Gasteiger partial charge in [-0.25, -0.2) is 14.4 Å². The van der Waals surface area contributed by atoms with E-state index in [4.69, 9.17) is 4.74 Å². The van der Waals surface area contributed by atoms with Crippen molar-refractivity contribution in [1.29, 1.82) is 0 Å². The first-order chi connectivity index (χ1) is 11.7. The van der Waals surface area contributed by atoms with Gasteiger partial charge in [-0.15, -0.1) is 0 Å². The third-order valence-electron chi connectivity index (χ3n) is 3.81. The topological polar surface area (TPSA) is 62.3 Å². The van der Waals surface area contributed by atoms with Gasteiger partial charge >= 0.3 is 0 Å². The van der Waals surface area contributed by atoms with E-state index in [0.717, 1.165) is 45.2 Å². The van der Waals surface area contributed by atoms with Crippen molar-refractivity contribution in [3.63, 3.8) is 0 Å². The second kappa shape index (κ2) is 8.03. The largest absolute Gasteiger partial charge is 0.379 e. The van der Waals surface area contributed by atoms with Crippen LogP contribution in [0.5, 0.6) is 0 Å². The molecule has 3 rings (SSSR count). The van der Waals surface area contributed by atoms with Crippen molar-refractivity contribution >= 4 is 17.3 Å². The van der Waals surface area contributed by atoms with Crippen molar-refractivity contribution < 1.29 is 9.13 Å². The average Bonchev–Trinajstić information content (AvgIpc) is 2.57. The summed E-state index contributed by atoms with van der Waals surface area (Å²) in [6.07, 6.45) is 0. The lowest BCUT2D eigenvalue weighted by Gasteiger charge is -2.26. The first kappa shape index (κ1) is 16.6. The maximum absolute atomic E-state index is 13.7. The van der Waals surface area contributed by atoms with Crippen molar-refractivity contribution in [3.8, 4) is 0 Å². The number of benzene rings is 1. The first-order valence-electron chi connectivity index (χ1n) is 8.12. The molecule has 0 saturated carbocycles. The van der Waals surface area contributed by atoms with E-state index in [-0.39, 0.29) is 5.82 Å². The van der Waals surface area contributed by atoms with Gasteiger partial charge in [0, 0.05) is 32.2 Å². The van der Waals surface area contributed by atoms with Crippen LogP contribution in [0.25, 0.3) is 0 Å². The third kappa shape index (κ3) is 4.62. The Balaban J connectivity index is 1.60. The second-order valence-corrected chi connectivity index (χ2v) is 5.67. The number of morpholine rings is 1. The molecule has 0 atom stereocenters. The maximum atomic E-state index is 13.7. The van der Waals surface area contributed by atoms with Crippen LogP contribution in [0, 0.1) is 12.7 Å². The van der Waals surface area contributed by atoms with E-state index in [0.29, 0.717) is 17.3 Å². The molecule has 0 aliphatic carbocycles. The Bertz CT molecular complexity index is 676. The summed E-state index contributed by atoms with van der Waals surface area (Å²) in [7, 11) is 0. The quantitative estimate of drug-likeness (QED) is 0.848. The van der Waals surface area contributed by atoms with Crippen LogP contribution in [0.4, 0.5) is 21.7 Å². The van der Waals surface area contributed by atoms with Gasteiger partial charge in [0.1, 0.15) is 23.3 Å². The summed E-state index contributed by atoms with van der Waals surface area (Å²) in [6.45, 7) is 7.06. The van der Waals surface area contributed by atoms with E-state index < -0.39 is 0 Å². The molecule has 0 bridgehead atoms. The van der Waals surface area contributed by atoms with E-state index in [1.54, 1.807) is 24.3 Å². The molecule has 1 aromatic heterocycles. The third-order valence-corrected chi connectivity index (χ3v) is 3.81. The minimum absolute atomic E-state index is 0.310. The van der Waals surface area contributed by atoms with Gasteiger partial charge in [0.15, 0.2) is 0 Å². The maximum Gasteiger partial charge on any atom is 0.146 e. The number of aryl methyl sites for hydroxylation is 1. The van der Waals surface area contributed by atoms with Crippen LogP contribution in [0.15, 0.2) is 30.3 Å². The first-order valence-corrected chi connectivity index (χ1v) is 8.12. The number of halogens is 1. The summed E-state index contributed by atoms with van der Waals surface area (Å²) < 4.78 is 19.1. The number of nitrogens with zero attached hydrogens (tertiary/aromatic N) is 3. The molecule has 1 aliphatic heterocycles. The summed E-state index contributed by atoms with van der Waals surface area (Å²) in [5, 5.41) is 6.31. The van der Waals surface area contributed by atoms with Gasteiger partial charge in [-0.3, -0.25) is 4.90 Å². The van der Waals surface area contributed by atoms with Crippen molar-refractivity contribution in [3.05, 3.63) is 42.0 Å². The summed E-state index contributed by atoms with van der Waals surface area (Å²) >= 11 is 0. The number of nitrogens with one attached hydrogen (secondary N) is 2. The van der Waals surface area contributed by atoms with Gasteiger partial charge in [0.25, 0.3) is 0 Å². The Hall–Kier alpha value is -2.25. The van der Waals surface area contributed by atoms with Crippen molar-refractivity contribution in [1.82, 2.24) is 14.9 Å². The van der Waals surface area contributed by atoms with E-state index in [1.165, 1.54) is 6.07 Å². The molecule has 2 heterocycles. The lowest BCUT2D eigenvalue weighted by molar-refractivity contribution is 0.0398. The lowest BCUT2D eigenvalue weighted by Crippen LogP contribution is -2.39. The number of rotatable bonds is 6. The Kier molecular flexibility index (Phi) is 5.55. The van der Waals surface area contributed by atoms with Gasteiger partial charge < -0.3 is 15.4 Å². The lowest BCUT2D eigenvalue weighted by atomic mass is 10.3. The van der Waals surface area contributed by atoms with E-state index in [1.807, 2.05) is 6.92 Å². The molecule has 128 valence electrons. The molecule has 7 heteroatoms. The van der Waals surface area contributed by atoms with Gasteiger partial charge in [0.2, 0.25) is 0 Å². The van der Waals surface area contributed by atoms with Crippen molar-refractivity contribution in [2.75, 3.05) is 50.0 Å². The molecule has 0 radical (unpaired) electrons. The van der Waals surface area contributed by atoms with Crippen LogP contribution in [-0.2, 0) is 4.74 Å². The van der Waals surface area contributed by atoms with Crippen molar-refractivity contribution in [2.45, 2.75) is 6.92 Å². The van der Waals surface area contributed by atoms with Crippen LogP contribution in [0.3, 0.4) is 0 Å². The Morgan fingerprint density at radius 2 is 1.92 bits per heavy atom. The zero-order chi connectivity index (χ0) is 16.8. The van der Waals surface area contributed by atoms with Gasteiger partial charge in [-0.2, -0.15) is 0 Å². The number of para-hydroxylation sites is 1. The fraction of sp³-hybridized carbons (Fsp3) is 0.412. The number of hydrogen-bond donors (Lipinski definition) is 2. The molecule has 1 aliphatic rings. The zero-order valence-corrected chi connectivity index (χ0v) is 13.8. The van der Waals surface area contributed by atoms with Gasteiger partial charge in [-0.05, 0) is 19.1 Å². The summed E-state index contributed by atoms with van der Waals surface area (Å²) in [5.41, 5.74) is 0.398. The molecule has 6 nitrogen and oxygen atoms in total. The molecule has 2 N–H and O–H groups in total. The monoisotopic (exact) mass is 331 g/mol. The smallest absolute Gasteiger partial charge is 0.146 e. The normalized spacial score (nSPS) is 15.2. The molecule has 1 saturated heterocycles. The number of anilines is 3. The highest BCUT2D eigenvalue weighted by Crippen LogP contribution is 2.19. The van der Waals surface area contributed by atoms with Gasteiger partial charge in [0.05, 0.1) is 18.9 Å². The van der Waals surface area contributed by atoms with Crippen LogP contribution in [0.2, 0.25) is 0 Å². The fourth-order valence-electron chi connectivity index (χ4n) is 2.59. The fourth-order valence-corrected chi connectivity index (χ4v) is 2.59. The molecule has 0 unspecified atom stereocenters. The van der Waals surface area contributed by atoms with E-state index in [2.05, 4.69) is 25.5 Å². The van der Waals surface area contributed by atoms with Crippen molar-refractivity contribution in [2.24, 2.45) is 0 Å². The molecular weight excluding hydrogens is 309 g/mol. The number of aromatic nitrogens is 2. The average molecular weight is 331 g/mol. The highest BCUT2D eigenvalue weighted by Gasteiger charge is 2.10. The number of ether oxygens (including phenoxy) is 1. The van der Waals surface area contributed by atoms with Crippen LogP contribution in [-0.4, -0.2) is 54.3 Å². The SMILES string of the molecule is Cc1nc(NCCN2CCOCC2)cc(Nc2ccccc2F)n1. The Morgan fingerprint density at radius 3 is 2.71 bits per heavy atom. The summed E-state index contributed by atoms with van der Waals surface area (Å²) in [5.74, 6) is 1.62. The van der Waals surface area contributed by atoms with E-state index in [9.17, 15) is 4.39 Å². The summed E-state index contributed by atoms with van der Waals surface area (Å²) in [6, 6.07) is 8.32. The highest BCUT2D eigenvalue weighted by atomic mass is 19.1. The minimum Gasteiger partial charge on any atom is -0.379 e. The molecule has 0 amide bonds. The second-order valence-electron chi connectivity index (χ2n) is 5.67. The standard InChI is InChI=1S/C17H22FN5O/c1-13-20-16(19-6-7-23-8-10-24-11-9-23)12-17(21-13)22-15-5-3-2-4-14(15)18/h2-5,12H,6-11H2,1H3,(H2,19,20,21,22). The van der Waals surface area contributed by atoms with Crippen LogP contribution < -0.4 is 10.6 Å². The molecule has 2 aromatic rings. The predicted molar refractivity (Wildman–Crippen MR) is 92.2 cm³/mol. The summed E-state index contributed by atoms with van der Waals surface area (Å²) in [4.78, 5) is 11.0. The van der Waals surface area contributed by atoms with Crippen LogP contribution >= 0.6 is 0 Å². The Labute approximate surface area is 141 Å².